The lowest BCUT2D eigenvalue weighted by molar-refractivity contribution is -0.142. The highest BCUT2D eigenvalue weighted by Gasteiger charge is 2.36. The van der Waals surface area contributed by atoms with Gasteiger partial charge in [-0.15, -0.1) is 0 Å². The summed E-state index contributed by atoms with van der Waals surface area (Å²) < 4.78 is 9.95. The van der Waals surface area contributed by atoms with Gasteiger partial charge in [-0.2, -0.15) is 4.90 Å². The molecular formula is C15H28N2O6. The Morgan fingerprint density at radius 3 is 1.83 bits per heavy atom. The minimum absolute atomic E-state index is 0.0532. The normalized spacial score (nSPS) is 11.6. The highest BCUT2D eigenvalue weighted by atomic mass is 16.6. The molecule has 0 aliphatic rings. The Morgan fingerprint density at radius 2 is 1.48 bits per heavy atom. The van der Waals surface area contributed by atoms with Gasteiger partial charge in [0.25, 0.3) is 0 Å². The van der Waals surface area contributed by atoms with Crippen LogP contribution in [0.3, 0.4) is 0 Å². The number of nitrogens with zero attached hydrogens (tertiary/aromatic N) is 1. The van der Waals surface area contributed by atoms with E-state index in [1.54, 1.807) is 0 Å². The first kappa shape index (κ1) is 21.2. The summed E-state index contributed by atoms with van der Waals surface area (Å²) in [4.78, 5) is 36.2. The van der Waals surface area contributed by atoms with Crippen LogP contribution in [0.4, 0.5) is 9.59 Å². The minimum atomic E-state index is -1.35. The third-order valence-electron chi connectivity index (χ3n) is 3.12. The Hall–Kier alpha value is -1.83. The lowest BCUT2D eigenvalue weighted by atomic mass is 10.1. The summed E-state index contributed by atoms with van der Waals surface area (Å²) in [5.74, 6) is -1.29. The molecule has 0 aliphatic carbocycles. The van der Waals surface area contributed by atoms with Gasteiger partial charge in [0, 0.05) is 0 Å². The van der Waals surface area contributed by atoms with E-state index in [0.29, 0.717) is 24.2 Å². The Morgan fingerprint density at radius 1 is 1.00 bits per heavy atom. The second-order valence-electron chi connectivity index (χ2n) is 5.09. The number of carbonyl (C=O) groups excluding carboxylic acids is 2. The first-order valence-electron chi connectivity index (χ1n) is 8.05. The van der Waals surface area contributed by atoms with Crippen LogP contribution in [-0.4, -0.2) is 54.0 Å². The number of nitrogens with two attached hydrogens (primary N) is 1. The van der Waals surface area contributed by atoms with Gasteiger partial charge >= 0.3 is 18.2 Å². The molecule has 8 heteroatoms. The summed E-state index contributed by atoms with van der Waals surface area (Å²) >= 11 is 0. The first-order valence-corrected chi connectivity index (χ1v) is 8.05. The number of aliphatic carboxylic acids is 1. The first-order chi connectivity index (χ1) is 11.0. The monoisotopic (exact) mass is 332 g/mol. The van der Waals surface area contributed by atoms with Crippen LogP contribution < -0.4 is 5.73 Å². The van der Waals surface area contributed by atoms with E-state index in [1.807, 2.05) is 13.8 Å². The van der Waals surface area contributed by atoms with Gasteiger partial charge in [-0.1, -0.05) is 26.7 Å². The maximum absolute atomic E-state index is 12.1. The Bertz CT molecular complexity index is 353. The Balaban J connectivity index is 5.03. The lowest BCUT2D eigenvalue weighted by Crippen LogP contribution is -2.49. The van der Waals surface area contributed by atoms with Crippen molar-refractivity contribution >= 4 is 18.2 Å². The van der Waals surface area contributed by atoms with E-state index in [0.717, 1.165) is 12.8 Å². The molecule has 0 rings (SSSR count). The molecule has 0 aromatic carbocycles. The quantitative estimate of drug-likeness (QED) is 0.557. The fourth-order valence-electron chi connectivity index (χ4n) is 1.75. The topological polar surface area (TPSA) is 119 Å². The molecule has 1 atom stereocenters. The fraction of sp³-hybridized carbons (Fsp3) is 0.800. The predicted molar refractivity (Wildman–Crippen MR) is 84.1 cm³/mol. The van der Waals surface area contributed by atoms with Crippen molar-refractivity contribution in [3.63, 3.8) is 0 Å². The number of imide groups is 1. The zero-order chi connectivity index (χ0) is 17.7. The maximum atomic E-state index is 12.1. The summed E-state index contributed by atoms with van der Waals surface area (Å²) in [6, 6.07) is -1.35. The van der Waals surface area contributed by atoms with Crippen molar-refractivity contribution in [3.05, 3.63) is 0 Å². The van der Waals surface area contributed by atoms with E-state index in [1.165, 1.54) is 0 Å². The molecule has 0 aromatic rings. The van der Waals surface area contributed by atoms with Crippen LogP contribution >= 0.6 is 0 Å². The standard InChI is InChI=1S/C15H28N2O6/c1-3-5-10-22-14(20)17(15(21)23-11-6-4-2)12(13(18)19)8-7-9-16/h12H,3-11,16H2,1-2H3,(H,18,19)/t12-/m0/s1. The molecule has 0 heterocycles. The second-order valence-corrected chi connectivity index (χ2v) is 5.09. The number of ether oxygens (including phenoxy) is 2. The van der Waals surface area contributed by atoms with Crippen LogP contribution in [0.15, 0.2) is 0 Å². The van der Waals surface area contributed by atoms with E-state index >= 15 is 0 Å². The molecule has 2 amide bonds. The third kappa shape index (κ3) is 8.39. The summed E-state index contributed by atoms with van der Waals surface area (Å²) in [6.07, 6.45) is 1.30. The number of carboxylic acid groups (broad SMARTS) is 1. The molecule has 0 saturated carbocycles. The van der Waals surface area contributed by atoms with Crippen LogP contribution in [-0.2, 0) is 14.3 Å². The molecule has 0 unspecified atom stereocenters. The number of amides is 2. The zero-order valence-corrected chi connectivity index (χ0v) is 14.0. The van der Waals surface area contributed by atoms with E-state index in [2.05, 4.69) is 0 Å². The number of unbranched alkanes of at least 4 members (excludes halogenated alkanes) is 2. The van der Waals surface area contributed by atoms with Gasteiger partial charge in [-0.3, -0.25) is 0 Å². The summed E-state index contributed by atoms with van der Waals surface area (Å²) in [5.41, 5.74) is 5.38. The van der Waals surface area contributed by atoms with Crippen LogP contribution in [0.2, 0.25) is 0 Å². The van der Waals surface area contributed by atoms with E-state index in [9.17, 15) is 19.5 Å². The molecule has 0 aliphatic heterocycles. The molecule has 0 aromatic heterocycles. The van der Waals surface area contributed by atoms with E-state index < -0.39 is 24.2 Å². The van der Waals surface area contributed by atoms with Gasteiger partial charge < -0.3 is 20.3 Å². The second kappa shape index (κ2) is 12.7. The van der Waals surface area contributed by atoms with Gasteiger partial charge in [-0.05, 0) is 32.2 Å². The van der Waals surface area contributed by atoms with Crippen molar-refractivity contribution in [1.29, 1.82) is 0 Å². The average molecular weight is 332 g/mol. The number of hydrogen-bond donors (Lipinski definition) is 2. The van der Waals surface area contributed by atoms with Crippen molar-refractivity contribution in [2.45, 2.75) is 58.4 Å². The molecule has 134 valence electrons. The zero-order valence-electron chi connectivity index (χ0n) is 14.0. The van der Waals surface area contributed by atoms with Crippen molar-refractivity contribution in [2.24, 2.45) is 5.73 Å². The summed E-state index contributed by atoms with van der Waals surface area (Å²) in [6.45, 7) is 4.35. The van der Waals surface area contributed by atoms with Crippen molar-refractivity contribution < 1.29 is 29.0 Å². The molecule has 0 spiro atoms. The van der Waals surface area contributed by atoms with Crippen LogP contribution in [0.1, 0.15) is 52.4 Å². The number of hydrogen-bond acceptors (Lipinski definition) is 6. The van der Waals surface area contributed by atoms with Crippen molar-refractivity contribution in [3.8, 4) is 0 Å². The molecule has 0 saturated heterocycles. The van der Waals surface area contributed by atoms with E-state index in [-0.39, 0.29) is 26.2 Å². The predicted octanol–water partition coefficient (Wildman–Crippen LogP) is 2.35. The summed E-state index contributed by atoms with van der Waals surface area (Å²) in [5, 5.41) is 9.31. The lowest BCUT2D eigenvalue weighted by Gasteiger charge is -2.25. The smallest absolute Gasteiger partial charge is 0.420 e. The van der Waals surface area contributed by atoms with E-state index in [4.69, 9.17) is 15.2 Å². The van der Waals surface area contributed by atoms with Crippen molar-refractivity contribution in [2.75, 3.05) is 19.8 Å². The minimum Gasteiger partial charge on any atom is -0.480 e. The molecule has 0 bridgehead atoms. The molecule has 0 radical (unpaired) electrons. The molecule has 23 heavy (non-hydrogen) atoms. The van der Waals surface area contributed by atoms with Gasteiger partial charge in [0.05, 0.1) is 13.2 Å². The van der Waals surface area contributed by atoms with Gasteiger partial charge in [-0.25, -0.2) is 14.4 Å². The number of carbonyl (C=O) groups is 3. The van der Waals surface area contributed by atoms with Gasteiger partial charge in [0.1, 0.15) is 6.04 Å². The SMILES string of the molecule is CCCCOC(=O)N(C(=O)OCCCC)[C@@H](CCCN)C(=O)O. The van der Waals surface area contributed by atoms with Gasteiger partial charge in [0.15, 0.2) is 0 Å². The molecule has 8 nitrogen and oxygen atoms in total. The van der Waals surface area contributed by atoms with Crippen LogP contribution in [0.25, 0.3) is 0 Å². The third-order valence-corrected chi connectivity index (χ3v) is 3.12. The van der Waals surface area contributed by atoms with Crippen LogP contribution in [0, 0.1) is 0 Å². The molecule has 0 fully saturated rings. The molecular weight excluding hydrogens is 304 g/mol. The number of rotatable bonds is 11. The Labute approximate surface area is 136 Å². The summed E-state index contributed by atoms with van der Waals surface area (Å²) in [7, 11) is 0. The molecule has 3 N–H and O–H groups in total. The van der Waals surface area contributed by atoms with Gasteiger partial charge in [0.2, 0.25) is 0 Å². The van der Waals surface area contributed by atoms with Crippen molar-refractivity contribution in [1.82, 2.24) is 4.90 Å². The average Bonchev–Trinajstić information content (AvgIpc) is 2.51. The fourth-order valence-corrected chi connectivity index (χ4v) is 1.75. The Kier molecular flexibility index (Phi) is 11.7. The highest BCUT2D eigenvalue weighted by Crippen LogP contribution is 2.12. The highest BCUT2D eigenvalue weighted by molar-refractivity contribution is 5.93. The van der Waals surface area contributed by atoms with Crippen LogP contribution in [0.5, 0.6) is 0 Å². The largest absolute Gasteiger partial charge is 0.480 e. The number of carboxylic acids is 1. The maximum Gasteiger partial charge on any atom is 0.420 e.